The van der Waals surface area contributed by atoms with Gasteiger partial charge in [-0.25, -0.2) is 4.68 Å². The summed E-state index contributed by atoms with van der Waals surface area (Å²) in [4.78, 5) is 11.1. The van der Waals surface area contributed by atoms with Crippen LogP contribution in [0.5, 0.6) is 0 Å². The highest BCUT2D eigenvalue weighted by molar-refractivity contribution is 5.85. The number of carbonyl (C=O) groups excluding carboxylic acids is 1. The molecular weight excluding hydrogens is 400 g/mol. The Balaban J connectivity index is 1.40. The summed E-state index contributed by atoms with van der Waals surface area (Å²) in [6.45, 7) is 2.83. The fraction of sp³-hybridized carbons (Fsp3) is 0.346. The lowest BCUT2D eigenvalue weighted by molar-refractivity contribution is -0.141. The van der Waals surface area contributed by atoms with E-state index in [1.807, 2.05) is 12.3 Å². The molecule has 1 atom stereocenters. The van der Waals surface area contributed by atoms with Crippen molar-refractivity contribution >= 4 is 16.9 Å². The standard InChI is InChI=1S/C26H28N4O2/c1-19(31)32-15-7-11-24-23-10-5-6-12-25(23)29-18-21(13-14-26(24)29)30-22(17-27-28-30)16-20-8-3-2-4-9-20/h2-6,8-10,12,17,21H,7,11,13-16,18H2,1H3. The Morgan fingerprint density at radius 1 is 1.12 bits per heavy atom. The van der Waals surface area contributed by atoms with Gasteiger partial charge in [0.25, 0.3) is 0 Å². The molecule has 0 amide bonds. The lowest BCUT2D eigenvalue weighted by atomic mass is 9.99. The van der Waals surface area contributed by atoms with E-state index in [1.54, 1.807) is 0 Å². The van der Waals surface area contributed by atoms with Gasteiger partial charge in [0.1, 0.15) is 0 Å². The molecule has 0 N–H and O–H groups in total. The zero-order valence-electron chi connectivity index (χ0n) is 18.4. The summed E-state index contributed by atoms with van der Waals surface area (Å²) in [5.74, 6) is -0.212. The molecule has 3 heterocycles. The molecule has 1 aliphatic rings. The zero-order valence-corrected chi connectivity index (χ0v) is 18.4. The Kier molecular flexibility index (Phi) is 5.75. The number of benzene rings is 2. The molecule has 0 aliphatic carbocycles. The fourth-order valence-electron chi connectivity index (χ4n) is 4.98. The van der Waals surface area contributed by atoms with Crippen LogP contribution in [0.15, 0.2) is 60.8 Å². The normalized spacial score (nSPS) is 15.6. The van der Waals surface area contributed by atoms with Gasteiger partial charge in [0.2, 0.25) is 0 Å². The van der Waals surface area contributed by atoms with E-state index in [9.17, 15) is 4.79 Å². The molecule has 4 aromatic rings. The fourth-order valence-corrected chi connectivity index (χ4v) is 4.98. The third-order valence-electron chi connectivity index (χ3n) is 6.40. The van der Waals surface area contributed by atoms with E-state index in [1.165, 1.54) is 34.6 Å². The summed E-state index contributed by atoms with van der Waals surface area (Å²) in [5.41, 5.74) is 6.51. The molecule has 0 bridgehead atoms. The third kappa shape index (κ3) is 4.05. The summed E-state index contributed by atoms with van der Waals surface area (Å²) in [5, 5.41) is 10.0. The van der Waals surface area contributed by atoms with Gasteiger partial charge in [-0.1, -0.05) is 53.7 Å². The van der Waals surface area contributed by atoms with Gasteiger partial charge in [-0.15, -0.1) is 5.10 Å². The first kappa shape index (κ1) is 20.5. The Morgan fingerprint density at radius 3 is 2.78 bits per heavy atom. The van der Waals surface area contributed by atoms with Gasteiger partial charge in [0, 0.05) is 36.5 Å². The largest absolute Gasteiger partial charge is 0.466 e. The Morgan fingerprint density at radius 2 is 1.94 bits per heavy atom. The van der Waals surface area contributed by atoms with Crippen molar-refractivity contribution in [1.82, 2.24) is 19.6 Å². The first-order valence-corrected chi connectivity index (χ1v) is 11.4. The van der Waals surface area contributed by atoms with Gasteiger partial charge in [-0.3, -0.25) is 4.79 Å². The minimum absolute atomic E-state index is 0.212. The van der Waals surface area contributed by atoms with Gasteiger partial charge in [-0.05, 0) is 42.9 Å². The maximum atomic E-state index is 11.1. The molecule has 6 nitrogen and oxygen atoms in total. The summed E-state index contributed by atoms with van der Waals surface area (Å²) in [6.07, 6.45) is 6.55. The first-order valence-electron chi connectivity index (χ1n) is 11.4. The van der Waals surface area contributed by atoms with E-state index in [0.29, 0.717) is 6.61 Å². The van der Waals surface area contributed by atoms with Crippen molar-refractivity contribution in [2.24, 2.45) is 0 Å². The number of rotatable bonds is 7. The van der Waals surface area contributed by atoms with E-state index in [2.05, 4.69) is 68.1 Å². The number of aromatic nitrogens is 4. The van der Waals surface area contributed by atoms with Crippen molar-refractivity contribution in [1.29, 1.82) is 0 Å². The zero-order chi connectivity index (χ0) is 21.9. The quantitative estimate of drug-likeness (QED) is 0.321. The topological polar surface area (TPSA) is 61.9 Å². The molecule has 5 rings (SSSR count). The Bertz CT molecular complexity index is 1230. The van der Waals surface area contributed by atoms with Gasteiger partial charge in [0.15, 0.2) is 0 Å². The monoisotopic (exact) mass is 428 g/mol. The molecule has 0 radical (unpaired) electrons. The van der Waals surface area contributed by atoms with Crippen molar-refractivity contribution in [3.63, 3.8) is 0 Å². The van der Waals surface area contributed by atoms with Crippen LogP contribution in [0.4, 0.5) is 0 Å². The maximum Gasteiger partial charge on any atom is 0.302 e. The van der Waals surface area contributed by atoms with Gasteiger partial charge in [-0.2, -0.15) is 0 Å². The van der Waals surface area contributed by atoms with Crippen LogP contribution >= 0.6 is 0 Å². The second-order valence-electron chi connectivity index (χ2n) is 8.52. The second-order valence-corrected chi connectivity index (χ2v) is 8.52. The molecule has 32 heavy (non-hydrogen) atoms. The lowest BCUT2D eigenvalue weighted by Gasteiger charge is -2.27. The smallest absolute Gasteiger partial charge is 0.302 e. The summed E-state index contributed by atoms with van der Waals surface area (Å²) >= 11 is 0. The van der Waals surface area contributed by atoms with Crippen molar-refractivity contribution in [3.05, 3.63) is 83.3 Å². The number of nitrogens with zero attached hydrogens (tertiary/aromatic N) is 4. The van der Waals surface area contributed by atoms with E-state index in [-0.39, 0.29) is 12.0 Å². The van der Waals surface area contributed by atoms with Crippen LogP contribution in [0.2, 0.25) is 0 Å². The molecule has 6 heteroatoms. The molecule has 0 saturated heterocycles. The van der Waals surface area contributed by atoms with Crippen LogP contribution in [0.3, 0.4) is 0 Å². The number of para-hydroxylation sites is 1. The van der Waals surface area contributed by atoms with Crippen LogP contribution in [-0.2, 0) is 35.3 Å². The van der Waals surface area contributed by atoms with Crippen LogP contribution < -0.4 is 0 Å². The SMILES string of the molecule is CC(=O)OCCCc1c2n(c3ccccc13)CC(n1nncc1Cc1ccccc1)CC2. The molecule has 1 aliphatic heterocycles. The Labute approximate surface area is 187 Å². The number of hydrogen-bond donors (Lipinski definition) is 0. The summed E-state index contributed by atoms with van der Waals surface area (Å²) in [7, 11) is 0. The summed E-state index contributed by atoms with van der Waals surface area (Å²) < 4.78 is 9.76. The maximum absolute atomic E-state index is 11.1. The van der Waals surface area contributed by atoms with Crippen molar-refractivity contribution in [3.8, 4) is 0 Å². The molecule has 2 aromatic carbocycles. The van der Waals surface area contributed by atoms with Crippen LogP contribution in [-0.4, -0.2) is 32.1 Å². The highest BCUT2D eigenvalue weighted by Crippen LogP contribution is 2.35. The second kappa shape index (κ2) is 8.99. The predicted octanol–water partition coefficient (Wildman–Crippen LogP) is 4.51. The van der Waals surface area contributed by atoms with Crippen LogP contribution in [0.25, 0.3) is 10.9 Å². The molecule has 0 saturated carbocycles. The van der Waals surface area contributed by atoms with E-state index < -0.39 is 0 Å². The van der Waals surface area contributed by atoms with E-state index in [4.69, 9.17) is 4.74 Å². The molecule has 1 unspecified atom stereocenters. The van der Waals surface area contributed by atoms with Gasteiger partial charge < -0.3 is 9.30 Å². The van der Waals surface area contributed by atoms with E-state index >= 15 is 0 Å². The van der Waals surface area contributed by atoms with Gasteiger partial charge >= 0.3 is 5.97 Å². The van der Waals surface area contributed by atoms with Crippen LogP contribution in [0.1, 0.15) is 48.3 Å². The molecule has 0 fully saturated rings. The number of carbonyl (C=O) groups is 1. The van der Waals surface area contributed by atoms with Gasteiger partial charge in [0.05, 0.1) is 24.5 Å². The number of esters is 1. The highest BCUT2D eigenvalue weighted by atomic mass is 16.5. The highest BCUT2D eigenvalue weighted by Gasteiger charge is 2.27. The first-order chi connectivity index (χ1) is 15.7. The molecule has 0 spiro atoms. The molecule has 2 aromatic heterocycles. The number of aryl methyl sites for hydroxylation is 1. The van der Waals surface area contributed by atoms with Crippen molar-refractivity contribution in [2.45, 2.75) is 51.6 Å². The molecule has 164 valence electrons. The number of hydrogen-bond acceptors (Lipinski definition) is 4. The minimum Gasteiger partial charge on any atom is -0.466 e. The third-order valence-corrected chi connectivity index (χ3v) is 6.40. The predicted molar refractivity (Wildman–Crippen MR) is 124 cm³/mol. The number of fused-ring (bicyclic) bond motifs is 3. The van der Waals surface area contributed by atoms with E-state index in [0.717, 1.165) is 44.3 Å². The average molecular weight is 429 g/mol. The molecular formula is C26H28N4O2. The average Bonchev–Trinajstić information content (AvgIpc) is 3.39. The van der Waals surface area contributed by atoms with Crippen molar-refractivity contribution < 1.29 is 9.53 Å². The van der Waals surface area contributed by atoms with Crippen LogP contribution in [0, 0.1) is 0 Å². The Hall–Kier alpha value is -3.41. The van der Waals surface area contributed by atoms with Crippen molar-refractivity contribution in [2.75, 3.05) is 6.61 Å². The minimum atomic E-state index is -0.212. The summed E-state index contributed by atoms with van der Waals surface area (Å²) in [6, 6.07) is 19.4. The number of ether oxygens (including phenoxy) is 1. The lowest BCUT2D eigenvalue weighted by Crippen LogP contribution is -2.25.